The van der Waals surface area contributed by atoms with E-state index in [9.17, 15) is 4.79 Å². The molecule has 5 nitrogen and oxygen atoms in total. The van der Waals surface area contributed by atoms with Crippen LogP contribution in [0.2, 0.25) is 0 Å². The van der Waals surface area contributed by atoms with E-state index in [1.165, 1.54) is 7.11 Å². The summed E-state index contributed by atoms with van der Waals surface area (Å²) in [6, 6.07) is 3.29. The maximum absolute atomic E-state index is 11.7. The van der Waals surface area contributed by atoms with Gasteiger partial charge in [0.1, 0.15) is 16.9 Å². The normalized spacial score (nSPS) is 10.4. The minimum atomic E-state index is -0.456. The molecule has 1 heterocycles. The van der Waals surface area contributed by atoms with Crippen LogP contribution in [0.25, 0.3) is 10.9 Å². The van der Waals surface area contributed by atoms with Crippen molar-refractivity contribution in [1.82, 2.24) is 4.98 Å². The lowest BCUT2D eigenvalue weighted by Crippen LogP contribution is -2.05. The summed E-state index contributed by atoms with van der Waals surface area (Å²) in [5.74, 6) is 1.30. The van der Waals surface area contributed by atoms with Crippen LogP contribution in [0.1, 0.15) is 5.89 Å². The molecule has 5 heteroatoms. The minimum Gasteiger partial charge on any atom is -0.497 e. The van der Waals surface area contributed by atoms with Gasteiger partial charge in [0.05, 0.1) is 19.7 Å². The van der Waals surface area contributed by atoms with Gasteiger partial charge in [-0.1, -0.05) is 0 Å². The lowest BCUT2D eigenvalue weighted by molar-refractivity contribution is 0.395. The summed E-state index contributed by atoms with van der Waals surface area (Å²) in [7, 11) is 3.02. The number of fused-ring (bicyclic) bond motifs is 1. The van der Waals surface area contributed by atoms with Crippen LogP contribution in [0.3, 0.4) is 0 Å². The topological polar surface area (TPSA) is 61.6 Å². The van der Waals surface area contributed by atoms with Crippen molar-refractivity contribution in [2.75, 3.05) is 14.2 Å². The molecule has 0 radical (unpaired) electrons. The van der Waals surface area contributed by atoms with E-state index in [4.69, 9.17) is 13.9 Å². The highest BCUT2D eigenvalue weighted by atomic mass is 16.5. The third kappa shape index (κ3) is 1.60. The van der Waals surface area contributed by atoms with E-state index in [-0.39, 0.29) is 0 Å². The second-order valence-electron chi connectivity index (χ2n) is 3.24. The Bertz CT molecular complexity index is 588. The number of hydrogen-bond acceptors (Lipinski definition) is 5. The molecule has 0 aliphatic carbocycles. The number of aromatic nitrogens is 1. The second kappa shape index (κ2) is 3.84. The van der Waals surface area contributed by atoms with Crippen LogP contribution in [0.4, 0.5) is 0 Å². The van der Waals surface area contributed by atoms with Gasteiger partial charge in [-0.25, -0.2) is 9.78 Å². The Labute approximate surface area is 91.6 Å². The molecule has 16 heavy (non-hydrogen) atoms. The molecule has 0 saturated carbocycles. The second-order valence-corrected chi connectivity index (χ2v) is 3.24. The van der Waals surface area contributed by atoms with Crippen molar-refractivity contribution in [3.05, 3.63) is 28.4 Å². The van der Waals surface area contributed by atoms with E-state index in [2.05, 4.69) is 4.98 Å². The molecule has 0 atom stereocenters. The standard InChI is InChI=1S/C11H11NO4/c1-6-12-8-4-7(14-2)5-9(15-3)10(8)11(13)16-6/h4-5H,1-3H3. The zero-order valence-corrected chi connectivity index (χ0v) is 9.23. The quantitative estimate of drug-likeness (QED) is 0.769. The largest absolute Gasteiger partial charge is 0.497 e. The summed E-state index contributed by atoms with van der Waals surface area (Å²) >= 11 is 0. The van der Waals surface area contributed by atoms with Crippen molar-refractivity contribution in [3.63, 3.8) is 0 Å². The molecule has 0 amide bonds. The Kier molecular flexibility index (Phi) is 2.52. The number of nitrogens with zero attached hydrogens (tertiary/aromatic N) is 1. The molecule has 2 aromatic rings. The van der Waals surface area contributed by atoms with Crippen molar-refractivity contribution in [2.45, 2.75) is 6.92 Å². The van der Waals surface area contributed by atoms with Crippen molar-refractivity contribution >= 4 is 10.9 Å². The number of hydrogen-bond donors (Lipinski definition) is 0. The van der Waals surface area contributed by atoms with Gasteiger partial charge in [0.2, 0.25) is 0 Å². The molecule has 0 fully saturated rings. The lowest BCUT2D eigenvalue weighted by atomic mass is 10.2. The zero-order valence-electron chi connectivity index (χ0n) is 9.23. The predicted octanol–water partition coefficient (Wildman–Crippen LogP) is 1.51. The lowest BCUT2D eigenvalue weighted by Gasteiger charge is -2.06. The smallest absolute Gasteiger partial charge is 0.350 e. The number of rotatable bonds is 2. The van der Waals surface area contributed by atoms with E-state index in [1.807, 2.05) is 0 Å². The van der Waals surface area contributed by atoms with Crippen molar-refractivity contribution < 1.29 is 13.9 Å². The van der Waals surface area contributed by atoms with Crippen LogP contribution in [0, 0.1) is 6.92 Å². The Balaban J connectivity index is 2.89. The molecule has 1 aromatic carbocycles. The molecular weight excluding hydrogens is 210 g/mol. The molecule has 1 aromatic heterocycles. The summed E-state index contributed by atoms with van der Waals surface area (Å²) < 4.78 is 15.1. The third-order valence-corrected chi connectivity index (χ3v) is 2.23. The third-order valence-electron chi connectivity index (χ3n) is 2.23. The van der Waals surface area contributed by atoms with Gasteiger partial charge >= 0.3 is 5.63 Å². The van der Waals surface area contributed by atoms with E-state index in [1.54, 1.807) is 26.2 Å². The Morgan fingerprint density at radius 1 is 1.25 bits per heavy atom. The molecular formula is C11H11NO4. The first-order valence-electron chi connectivity index (χ1n) is 4.69. The van der Waals surface area contributed by atoms with Crippen LogP contribution in [-0.4, -0.2) is 19.2 Å². The molecule has 0 saturated heterocycles. The van der Waals surface area contributed by atoms with Crippen LogP contribution < -0.4 is 15.1 Å². The molecule has 0 N–H and O–H groups in total. The first-order valence-corrected chi connectivity index (χ1v) is 4.69. The van der Waals surface area contributed by atoms with Gasteiger partial charge in [-0.05, 0) is 0 Å². The fourth-order valence-corrected chi connectivity index (χ4v) is 1.53. The summed E-state index contributed by atoms with van der Waals surface area (Å²) in [6.45, 7) is 1.62. The first-order chi connectivity index (χ1) is 7.65. The van der Waals surface area contributed by atoms with E-state index in [0.717, 1.165) is 0 Å². The first kappa shape index (κ1) is 10.5. The highest BCUT2D eigenvalue weighted by Crippen LogP contribution is 2.27. The number of methoxy groups -OCH3 is 2. The summed E-state index contributed by atoms with van der Waals surface area (Å²) in [6.07, 6.45) is 0. The van der Waals surface area contributed by atoms with Gasteiger partial charge in [-0.2, -0.15) is 0 Å². The van der Waals surface area contributed by atoms with Gasteiger partial charge in [0.15, 0.2) is 5.89 Å². The van der Waals surface area contributed by atoms with Crippen LogP contribution in [-0.2, 0) is 0 Å². The van der Waals surface area contributed by atoms with Gasteiger partial charge < -0.3 is 13.9 Å². The van der Waals surface area contributed by atoms with Gasteiger partial charge in [-0.15, -0.1) is 0 Å². The molecule has 84 valence electrons. The summed E-state index contributed by atoms with van der Waals surface area (Å²) in [5.41, 5.74) is 0.0481. The van der Waals surface area contributed by atoms with Crippen molar-refractivity contribution in [3.8, 4) is 11.5 Å². The Morgan fingerprint density at radius 3 is 2.62 bits per heavy atom. The predicted molar refractivity (Wildman–Crippen MR) is 58.1 cm³/mol. The number of ether oxygens (including phenoxy) is 2. The maximum atomic E-state index is 11.7. The summed E-state index contributed by atoms with van der Waals surface area (Å²) in [5, 5.41) is 0.328. The monoisotopic (exact) mass is 221 g/mol. The van der Waals surface area contributed by atoms with E-state index in [0.29, 0.717) is 28.3 Å². The van der Waals surface area contributed by atoms with Crippen LogP contribution >= 0.6 is 0 Å². The fourth-order valence-electron chi connectivity index (χ4n) is 1.53. The van der Waals surface area contributed by atoms with Crippen molar-refractivity contribution in [2.24, 2.45) is 0 Å². The highest BCUT2D eigenvalue weighted by Gasteiger charge is 2.12. The molecule has 2 rings (SSSR count). The fraction of sp³-hybridized carbons (Fsp3) is 0.273. The van der Waals surface area contributed by atoms with Crippen molar-refractivity contribution in [1.29, 1.82) is 0 Å². The highest BCUT2D eigenvalue weighted by molar-refractivity contribution is 5.85. The summed E-state index contributed by atoms with van der Waals surface area (Å²) in [4.78, 5) is 15.8. The van der Waals surface area contributed by atoms with E-state index < -0.39 is 5.63 Å². The number of aryl methyl sites for hydroxylation is 1. The van der Waals surface area contributed by atoms with E-state index >= 15 is 0 Å². The Morgan fingerprint density at radius 2 is 2.00 bits per heavy atom. The molecule has 0 aliphatic heterocycles. The minimum absolute atomic E-state index is 0.313. The average molecular weight is 221 g/mol. The average Bonchev–Trinajstić information content (AvgIpc) is 2.26. The Hall–Kier alpha value is -2.04. The molecule has 0 bridgehead atoms. The van der Waals surface area contributed by atoms with Gasteiger partial charge in [-0.3, -0.25) is 0 Å². The molecule has 0 unspecified atom stereocenters. The zero-order chi connectivity index (χ0) is 11.7. The van der Waals surface area contributed by atoms with Crippen LogP contribution in [0.5, 0.6) is 11.5 Å². The van der Waals surface area contributed by atoms with Gasteiger partial charge in [0.25, 0.3) is 0 Å². The molecule has 0 aliphatic rings. The van der Waals surface area contributed by atoms with Gasteiger partial charge in [0, 0.05) is 19.1 Å². The SMILES string of the molecule is COc1cc(OC)c2c(=O)oc(C)nc2c1. The maximum Gasteiger partial charge on any atom is 0.350 e. The van der Waals surface area contributed by atoms with Crippen LogP contribution in [0.15, 0.2) is 21.3 Å². The number of benzene rings is 1. The molecule has 0 spiro atoms.